The van der Waals surface area contributed by atoms with E-state index in [1.807, 2.05) is 49.9 Å². The molecule has 8 heteroatoms. The minimum atomic E-state index is 0.0459. The van der Waals surface area contributed by atoms with Crippen LogP contribution in [0, 0.1) is 6.92 Å². The van der Waals surface area contributed by atoms with Gasteiger partial charge in [-0.05, 0) is 44.0 Å². The van der Waals surface area contributed by atoms with Gasteiger partial charge in [0.15, 0.2) is 11.5 Å². The Labute approximate surface area is 171 Å². The molecule has 6 nitrogen and oxygen atoms in total. The maximum atomic E-state index is 12.9. The van der Waals surface area contributed by atoms with Crippen molar-refractivity contribution in [3.8, 4) is 0 Å². The number of carbonyl (C=O) groups excluding carboxylic acids is 1. The number of carbonyl (C=O) groups is 1. The van der Waals surface area contributed by atoms with Crippen molar-refractivity contribution in [2.75, 3.05) is 13.1 Å². The van der Waals surface area contributed by atoms with Gasteiger partial charge in [-0.2, -0.15) is 0 Å². The molecular weight excluding hydrogens is 394 g/mol. The maximum Gasteiger partial charge on any atom is 0.264 e. The van der Waals surface area contributed by atoms with E-state index in [1.54, 1.807) is 10.8 Å². The second-order valence-electron chi connectivity index (χ2n) is 6.56. The van der Waals surface area contributed by atoms with Crippen molar-refractivity contribution in [1.29, 1.82) is 0 Å². The third-order valence-electron chi connectivity index (χ3n) is 4.83. The molecule has 3 heterocycles. The highest BCUT2D eigenvalue weighted by molar-refractivity contribution is 7.20. The number of thiophene rings is 1. The molecule has 0 aliphatic rings. The van der Waals surface area contributed by atoms with Crippen LogP contribution < -0.4 is 0 Å². The van der Waals surface area contributed by atoms with E-state index in [4.69, 9.17) is 16.6 Å². The number of rotatable bonds is 5. The molecule has 1 aromatic carbocycles. The average molecular weight is 414 g/mol. The zero-order valence-electron chi connectivity index (χ0n) is 15.9. The number of amides is 1. The molecule has 0 aliphatic carbocycles. The zero-order valence-corrected chi connectivity index (χ0v) is 17.5. The van der Waals surface area contributed by atoms with Gasteiger partial charge >= 0.3 is 0 Å². The highest BCUT2D eigenvalue weighted by atomic mass is 35.5. The number of benzene rings is 1. The standard InChI is InChI=1S/C20H20ClN5OS/c1-4-25(5-2)20(27)17-12(3)16-18-23-15(10-13-6-8-14(21)9-7-13)24-26(18)11-22-19(16)28-17/h6-9,11H,4-5,10H2,1-3H3. The van der Waals surface area contributed by atoms with Gasteiger partial charge in [-0.1, -0.05) is 23.7 Å². The maximum absolute atomic E-state index is 12.9. The third-order valence-corrected chi connectivity index (χ3v) is 6.27. The Balaban J connectivity index is 1.77. The molecule has 28 heavy (non-hydrogen) atoms. The highest BCUT2D eigenvalue weighted by Gasteiger charge is 2.22. The van der Waals surface area contributed by atoms with E-state index in [-0.39, 0.29) is 5.91 Å². The summed E-state index contributed by atoms with van der Waals surface area (Å²) in [7, 11) is 0. The first-order chi connectivity index (χ1) is 13.5. The molecule has 0 spiro atoms. The number of aryl methyl sites for hydroxylation is 1. The van der Waals surface area contributed by atoms with Gasteiger partial charge in [0, 0.05) is 24.5 Å². The van der Waals surface area contributed by atoms with E-state index in [0.29, 0.717) is 30.4 Å². The van der Waals surface area contributed by atoms with Crippen molar-refractivity contribution >= 4 is 44.7 Å². The van der Waals surface area contributed by atoms with E-state index in [1.165, 1.54) is 11.3 Å². The lowest BCUT2D eigenvalue weighted by atomic mass is 10.1. The first kappa shape index (κ1) is 18.8. The van der Waals surface area contributed by atoms with Crippen molar-refractivity contribution in [3.05, 3.63) is 57.4 Å². The molecule has 0 saturated carbocycles. The molecule has 1 amide bonds. The molecule has 0 unspecified atom stereocenters. The van der Waals surface area contributed by atoms with Crippen LogP contribution in [0.15, 0.2) is 30.6 Å². The van der Waals surface area contributed by atoms with E-state index < -0.39 is 0 Å². The number of halogens is 1. The topological polar surface area (TPSA) is 63.4 Å². The lowest BCUT2D eigenvalue weighted by Gasteiger charge is -2.17. The van der Waals surface area contributed by atoms with Gasteiger partial charge in [0.25, 0.3) is 5.91 Å². The summed E-state index contributed by atoms with van der Waals surface area (Å²) in [4.78, 5) is 25.5. The third kappa shape index (κ3) is 3.25. The van der Waals surface area contributed by atoms with Crippen LogP contribution in [0.4, 0.5) is 0 Å². The molecule has 0 N–H and O–H groups in total. The summed E-state index contributed by atoms with van der Waals surface area (Å²) in [6.07, 6.45) is 2.27. The molecule has 0 bridgehead atoms. The number of nitrogens with zero attached hydrogens (tertiary/aromatic N) is 5. The van der Waals surface area contributed by atoms with E-state index in [2.05, 4.69) is 10.1 Å². The van der Waals surface area contributed by atoms with Gasteiger partial charge in [0.1, 0.15) is 11.2 Å². The highest BCUT2D eigenvalue weighted by Crippen LogP contribution is 2.32. The zero-order chi connectivity index (χ0) is 19.8. The van der Waals surface area contributed by atoms with Crippen LogP contribution in [-0.2, 0) is 6.42 Å². The van der Waals surface area contributed by atoms with E-state index in [9.17, 15) is 4.79 Å². The minimum Gasteiger partial charge on any atom is -0.338 e. The van der Waals surface area contributed by atoms with Crippen molar-refractivity contribution < 1.29 is 4.79 Å². The quantitative estimate of drug-likeness (QED) is 0.487. The van der Waals surface area contributed by atoms with Crippen LogP contribution in [0.25, 0.3) is 15.9 Å². The van der Waals surface area contributed by atoms with Gasteiger partial charge < -0.3 is 4.90 Å². The Bertz CT molecular complexity index is 1160. The predicted molar refractivity (Wildman–Crippen MR) is 112 cm³/mol. The fourth-order valence-corrected chi connectivity index (χ4v) is 4.53. The van der Waals surface area contributed by atoms with Gasteiger partial charge in [-0.3, -0.25) is 4.79 Å². The molecule has 4 rings (SSSR count). The SMILES string of the molecule is CCN(CC)C(=O)c1sc2ncn3nc(Cc4ccc(Cl)cc4)nc3c2c1C. The first-order valence-corrected chi connectivity index (χ1v) is 10.4. The number of aromatic nitrogens is 4. The second kappa shape index (κ2) is 7.48. The van der Waals surface area contributed by atoms with E-state index >= 15 is 0 Å². The van der Waals surface area contributed by atoms with Crippen LogP contribution >= 0.6 is 22.9 Å². The summed E-state index contributed by atoms with van der Waals surface area (Å²) in [5.74, 6) is 0.753. The number of hydrogen-bond donors (Lipinski definition) is 0. The normalized spacial score (nSPS) is 11.4. The Hall–Kier alpha value is -2.51. The van der Waals surface area contributed by atoms with Crippen LogP contribution in [0.5, 0.6) is 0 Å². The first-order valence-electron chi connectivity index (χ1n) is 9.18. The Morgan fingerprint density at radius 3 is 2.61 bits per heavy atom. The van der Waals surface area contributed by atoms with Crippen molar-refractivity contribution in [2.24, 2.45) is 0 Å². The van der Waals surface area contributed by atoms with E-state index in [0.717, 1.165) is 31.9 Å². The smallest absolute Gasteiger partial charge is 0.264 e. The lowest BCUT2D eigenvalue weighted by molar-refractivity contribution is 0.0777. The summed E-state index contributed by atoms with van der Waals surface area (Å²) in [5, 5.41) is 6.17. The Morgan fingerprint density at radius 1 is 1.21 bits per heavy atom. The summed E-state index contributed by atoms with van der Waals surface area (Å²) in [5.41, 5.74) is 2.74. The monoisotopic (exact) mass is 413 g/mol. The molecule has 0 fully saturated rings. The fourth-order valence-electron chi connectivity index (χ4n) is 3.30. The molecule has 0 saturated heterocycles. The molecule has 0 atom stereocenters. The average Bonchev–Trinajstić information content (AvgIpc) is 3.24. The van der Waals surface area contributed by atoms with Crippen LogP contribution in [0.2, 0.25) is 5.02 Å². The molecule has 0 aliphatic heterocycles. The Morgan fingerprint density at radius 2 is 1.93 bits per heavy atom. The van der Waals surface area contributed by atoms with Crippen molar-refractivity contribution in [2.45, 2.75) is 27.2 Å². The molecule has 3 aromatic heterocycles. The summed E-state index contributed by atoms with van der Waals surface area (Å²) in [6, 6.07) is 7.66. The van der Waals surface area contributed by atoms with Gasteiger partial charge in [0.05, 0.1) is 10.3 Å². The van der Waals surface area contributed by atoms with Gasteiger partial charge in [0.2, 0.25) is 0 Å². The van der Waals surface area contributed by atoms with Crippen LogP contribution in [-0.4, -0.2) is 43.5 Å². The summed E-state index contributed by atoms with van der Waals surface area (Å²) in [6.45, 7) is 7.30. The minimum absolute atomic E-state index is 0.0459. The molecule has 0 radical (unpaired) electrons. The number of hydrogen-bond acceptors (Lipinski definition) is 5. The molecule has 4 aromatic rings. The lowest BCUT2D eigenvalue weighted by Crippen LogP contribution is -2.30. The van der Waals surface area contributed by atoms with Crippen LogP contribution in [0.1, 0.15) is 40.5 Å². The van der Waals surface area contributed by atoms with Crippen molar-refractivity contribution in [1.82, 2.24) is 24.5 Å². The summed E-state index contributed by atoms with van der Waals surface area (Å²) >= 11 is 7.38. The second-order valence-corrected chi connectivity index (χ2v) is 7.99. The molecule has 144 valence electrons. The summed E-state index contributed by atoms with van der Waals surface area (Å²) < 4.78 is 1.69. The molecular formula is C20H20ClN5OS. The largest absolute Gasteiger partial charge is 0.338 e. The van der Waals surface area contributed by atoms with Crippen LogP contribution in [0.3, 0.4) is 0 Å². The Kier molecular flexibility index (Phi) is 5.03. The number of fused-ring (bicyclic) bond motifs is 3. The fraction of sp³-hybridized carbons (Fsp3) is 0.300. The van der Waals surface area contributed by atoms with Crippen molar-refractivity contribution in [3.63, 3.8) is 0 Å². The predicted octanol–water partition coefficient (Wildman–Crippen LogP) is 4.37. The van der Waals surface area contributed by atoms with Gasteiger partial charge in [-0.15, -0.1) is 16.4 Å². The van der Waals surface area contributed by atoms with Gasteiger partial charge in [-0.25, -0.2) is 14.5 Å².